The van der Waals surface area contributed by atoms with E-state index in [1.807, 2.05) is 36.4 Å². The van der Waals surface area contributed by atoms with Crippen molar-refractivity contribution in [2.24, 2.45) is 0 Å². The third-order valence-electron chi connectivity index (χ3n) is 3.39. The number of carbonyl (C=O) groups is 1. The molecule has 2 rings (SSSR count). The minimum atomic E-state index is -0.0890. The van der Waals surface area contributed by atoms with Crippen molar-refractivity contribution in [1.82, 2.24) is 10.3 Å². The summed E-state index contributed by atoms with van der Waals surface area (Å²) < 4.78 is 0. The highest BCUT2D eigenvalue weighted by Crippen LogP contribution is 2.16. The maximum atomic E-state index is 12.4. The Morgan fingerprint density at radius 2 is 1.81 bits per heavy atom. The molecule has 0 aliphatic rings. The van der Waals surface area contributed by atoms with Gasteiger partial charge in [-0.2, -0.15) is 0 Å². The summed E-state index contributed by atoms with van der Waals surface area (Å²) in [5, 5.41) is 2.95. The smallest absolute Gasteiger partial charge is 0.255 e. The molecule has 0 spiro atoms. The van der Waals surface area contributed by atoms with Crippen LogP contribution in [0.2, 0.25) is 0 Å². The van der Waals surface area contributed by atoms with Gasteiger partial charge in [0.15, 0.2) is 0 Å². The number of benzene rings is 1. The summed E-state index contributed by atoms with van der Waals surface area (Å²) in [6.45, 7) is 6.29. The van der Waals surface area contributed by atoms with Crippen molar-refractivity contribution in [2.75, 3.05) is 18.0 Å². The van der Waals surface area contributed by atoms with E-state index in [0.717, 1.165) is 24.5 Å². The molecule has 0 saturated carbocycles. The predicted octanol–water partition coefficient (Wildman–Crippen LogP) is 2.86. The molecule has 1 aromatic heterocycles. The van der Waals surface area contributed by atoms with Gasteiger partial charge in [0.05, 0.1) is 5.56 Å². The van der Waals surface area contributed by atoms with E-state index in [2.05, 4.69) is 29.0 Å². The van der Waals surface area contributed by atoms with Crippen molar-refractivity contribution in [3.63, 3.8) is 0 Å². The predicted molar refractivity (Wildman–Crippen MR) is 85.4 cm³/mol. The third kappa shape index (κ3) is 3.81. The first-order valence-electron chi connectivity index (χ1n) is 7.28. The summed E-state index contributed by atoms with van der Waals surface area (Å²) >= 11 is 0. The number of anilines is 1. The molecule has 110 valence electrons. The van der Waals surface area contributed by atoms with Gasteiger partial charge in [-0.25, -0.2) is 4.98 Å². The Morgan fingerprint density at radius 3 is 2.48 bits per heavy atom. The first kappa shape index (κ1) is 15.0. The molecule has 1 amide bonds. The second kappa shape index (κ2) is 7.43. The minimum Gasteiger partial charge on any atom is -0.357 e. The molecule has 1 heterocycles. The van der Waals surface area contributed by atoms with Gasteiger partial charge in [-0.05, 0) is 31.5 Å². The molecule has 1 N–H and O–H groups in total. The minimum absolute atomic E-state index is 0.0890. The Labute approximate surface area is 125 Å². The second-order valence-corrected chi connectivity index (χ2v) is 4.72. The molecule has 2 aromatic rings. The molecular weight excluding hydrogens is 262 g/mol. The lowest BCUT2D eigenvalue weighted by atomic mass is 10.2. The number of hydrogen-bond donors (Lipinski definition) is 1. The van der Waals surface area contributed by atoms with Crippen molar-refractivity contribution in [1.29, 1.82) is 0 Å². The summed E-state index contributed by atoms with van der Waals surface area (Å²) in [7, 11) is 0. The molecule has 0 radical (unpaired) electrons. The van der Waals surface area contributed by atoms with Gasteiger partial charge in [0.25, 0.3) is 5.91 Å². The van der Waals surface area contributed by atoms with Crippen LogP contribution in [0, 0.1) is 0 Å². The molecule has 0 aliphatic heterocycles. The SMILES string of the molecule is CCN(CC)c1ncccc1C(=O)NCc1ccccc1. The lowest BCUT2D eigenvalue weighted by Gasteiger charge is -2.22. The van der Waals surface area contributed by atoms with E-state index in [4.69, 9.17) is 0 Å². The van der Waals surface area contributed by atoms with Gasteiger partial charge in [0, 0.05) is 25.8 Å². The van der Waals surface area contributed by atoms with E-state index in [1.54, 1.807) is 12.3 Å². The first-order valence-corrected chi connectivity index (χ1v) is 7.28. The standard InChI is InChI=1S/C17H21N3O/c1-3-20(4-2)16-15(11-8-12-18-16)17(21)19-13-14-9-6-5-7-10-14/h5-12H,3-4,13H2,1-2H3,(H,19,21). The molecule has 0 bridgehead atoms. The van der Waals surface area contributed by atoms with E-state index in [9.17, 15) is 4.79 Å². The van der Waals surface area contributed by atoms with Crippen molar-refractivity contribution >= 4 is 11.7 Å². The molecule has 1 aromatic carbocycles. The van der Waals surface area contributed by atoms with Gasteiger partial charge < -0.3 is 10.2 Å². The van der Waals surface area contributed by atoms with Crippen LogP contribution >= 0.6 is 0 Å². The van der Waals surface area contributed by atoms with Crippen LogP contribution in [0.25, 0.3) is 0 Å². The van der Waals surface area contributed by atoms with Gasteiger partial charge in [-0.1, -0.05) is 30.3 Å². The summed E-state index contributed by atoms with van der Waals surface area (Å²) in [6, 6.07) is 13.5. The molecule has 0 atom stereocenters. The van der Waals surface area contributed by atoms with Gasteiger partial charge in [-0.15, -0.1) is 0 Å². The Balaban J connectivity index is 2.12. The van der Waals surface area contributed by atoms with Crippen LogP contribution in [0.15, 0.2) is 48.7 Å². The number of nitrogens with one attached hydrogen (secondary N) is 1. The molecule has 4 nitrogen and oxygen atoms in total. The van der Waals surface area contributed by atoms with E-state index in [-0.39, 0.29) is 5.91 Å². The molecule has 0 saturated heterocycles. The number of hydrogen-bond acceptors (Lipinski definition) is 3. The average Bonchev–Trinajstić information content (AvgIpc) is 2.55. The molecule has 4 heteroatoms. The zero-order chi connectivity index (χ0) is 15.1. The Kier molecular flexibility index (Phi) is 5.32. The first-order chi connectivity index (χ1) is 10.3. The highest BCUT2D eigenvalue weighted by Gasteiger charge is 2.15. The normalized spacial score (nSPS) is 10.2. The summed E-state index contributed by atoms with van der Waals surface area (Å²) in [4.78, 5) is 18.8. The van der Waals surface area contributed by atoms with Gasteiger partial charge in [0.2, 0.25) is 0 Å². The largest absolute Gasteiger partial charge is 0.357 e. The van der Waals surface area contributed by atoms with Crippen molar-refractivity contribution in [3.05, 3.63) is 59.8 Å². The number of amides is 1. The maximum Gasteiger partial charge on any atom is 0.255 e. The van der Waals surface area contributed by atoms with Crippen LogP contribution in [0.3, 0.4) is 0 Å². The quantitative estimate of drug-likeness (QED) is 0.886. The van der Waals surface area contributed by atoms with Crippen LogP contribution < -0.4 is 10.2 Å². The van der Waals surface area contributed by atoms with E-state index >= 15 is 0 Å². The number of rotatable bonds is 6. The maximum absolute atomic E-state index is 12.4. The van der Waals surface area contributed by atoms with Crippen molar-refractivity contribution < 1.29 is 4.79 Å². The highest BCUT2D eigenvalue weighted by molar-refractivity contribution is 5.98. The number of carbonyl (C=O) groups excluding carboxylic acids is 1. The molecule has 21 heavy (non-hydrogen) atoms. The molecular formula is C17H21N3O. The summed E-state index contributed by atoms with van der Waals surface area (Å²) in [5.41, 5.74) is 1.70. The lowest BCUT2D eigenvalue weighted by Crippen LogP contribution is -2.29. The summed E-state index contributed by atoms with van der Waals surface area (Å²) in [5.74, 6) is 0.655. The average molecular weight is 283 g/mol. The second-order valence-electron chi connectivity index (χ2n) is 4.72. The van der Waals surface area contributed by atoms with E-state index in [0.29, 0.717) is 12.1 Å². The fraction of sp³-hybridized carbons (Fsp3) is 0.294. The molecule has 0 fully saturated rings. The van der Waals surface area contributed by atoms with Crippen LogP contribution in [-0.4, -0.2) is 24.0 Å². The van der Waals surface area contributed by atoms with Crippen LogP contribution in [0.4, 0.5) is 5.82 Å². The Bertz CT molecular complexity index is 580. The zero-order valence-corrected chi connectivity index (χ0v) is 12.5. The fourth-order valence-electron chi connectivity index (χ4n) is 2.22. The van der Waals surface area contributed by atoms with Crippen LogP contribution in [0.5, 0.6) is 0 Å². The van der Waals surface area contributed by atoms with Gasteiger partial charge in [0.1, 0.15) is 5.82 Å². The Hall–Kier alpha value is -2.36. The molecule has 0 aliphatic carbocycles. The fourth-order valence-corrected chi connectivity index (χ4v) is 2.22. The summed E-state index contributed by atoms with van der Waals surface area (Å²) in [6.07, 6.45) is 1.72. The van der Waals surface area contributed by atoms with Crippen LogP contribution in [-0.2, 0) is 6.54 Å². The number of aromatic nitrogens is 1. The topological polar surface area (TPSA) is 45.2 Å². The lowest BCUT2D eigenvalue weighted by molar-refractivity contribution is 0.0951. The molecule has 0 unspecified atom stereocenters. The zero-order valence-electron chi connectivity index (χ0n) is 12.5. The van der Waals surface area contributed by atoms with E-state index in [1.165, 1.54) is 0 Å². The van der Waals surface area contributed by atoms with Gasteiger partial charge in [-0.3, -0.25) is 4.79 Å². The van der Waals surface area contributed by atoms with E-state index < -0.39 is 0 Å². The number of pyridine rings is 1. The monoisotopic (exact) mass is 283 g/mol. The highest BCUT2D eigenvalue weighted by atomic mass is 16.1. The van der Waals surface area contributed by atoms with Gasteiger partial charge >= 0.3 is 0 Å². The third-order valence-corrected chi connectivity index (χ3v) is 3.39. The van der Waals surface area contributed by atoms with Crippen LogP contribution in [0.1, 0.15) is 29.8 Å². The Morgan fingerprint density at radius 1 is 1.10 bits per heavy atom. The van der Waals surface area contributed by atoms with Crippen molar-refractivity contribution in [3.8, 4) is 0 Å². The van der Waals surface area contributed by atoms with Crippen molar-refractivity contribution in [2.45, 2.75) is 20.4 Å². The number of nitrogens with zero attached hydrogens (tertiary/aromatic N) is 2.